The van der Waals surface area contributed by atoms with Gasteiger partial charge in [-0.15, -0.1) is 11.3 Å². The van der Waals surface area contributed by atoms with E-state index in [1.807, 2.05) is 53.7 Å². The minimum atomic E-state index is -3.67. The molecule has 1 aromatic heterocycles. The minimum absolute atomic E-state index is 0.0128. The van der Waals surface area contributed by atoms with Crippen molar-refractivity contribution < 1.29 is 8.42 Å². The number of nitrogens with zero attached hydrogens (tertiary/aromatic N) is 3. The number of benzene rings is 4. The second-order valence-electron chi connectivity index (χ2n) is 10.0. The molecule has 0 saturated heterocycles. The normalized spacial score (nSPS) is 15.1. The molecule has 6 rings (SSSR count). The Hall–Kier alpha value is -3.98. The number of aromatic nitrogens is 1. The standard InChI is InChI=1S/C32H27ClN4O2S2/c1-21-3-7-23(8-4-21)29-19-31(25-9-13-26(33)14-10-25)37(35-29)32-34-30(20-40-32)24-11-15-27(16-12-24)36-41(38,39)28-17-5-22(2)6-18-28/h3-18,20,31,36H,19H2,1-2H3/t31-/m1/s1. The molecular formula is C32H27ClN4O2S2. The summed E-state index contributed by atoms with van der Waals surface area (Å²) in [5, 5.41) is 10.5. The molecule has 0 aliphatic carbocycles. The van der Waals surface area contributed by atoms with E-state index in [9.17, 15) is 8.42 Å². The van der Waals surface area contributed by atoms with Crippen molar-refractivity contribution in [2.75, 3.05) is 9.73 Å². The van der Waals surface area contributed by atoms with E-state index < -0.39 is 10.0 Å². The summed E-state index contributed by atoms with van der Waals surface area (Å²) < 4.78 is 28.2. The van der Waals surface area contributed by atoms with Crippen LogP contribution in [0.5, 0.6) is 0 Å². The topological polar surface area (TPSA) is 74.7 Å². The van der Waals surface area contributed by atoms with E-state index >= 15 is 0 Å². The molecule has 4 aromatic carbocycles. The predicted molar refractivity (Wildman–Crippen MR) is 169 cm³/mol. The number of halogens is 1. The molecule has 0 unspecified atom stereocenters. The summed E-state index contributed by atoms with van der Waals surface area (Å²) in [6.07, 6.45) is 0.745. The lowest BCUT2D eigenvalue weighted by atomic mass is 9.98. The van der Waals surface area contributed by atoms with E-state index in [4.69, 9.17) is 21.7 Å². The monoisotopic (exact) mass is 598 g/mol. The lowest BCUT2D eigenvalue weighted by molar-refractivity contribution is 0.601. The summed E-state index contributed by atoms with van der Waals surface area (Å²) in [7, 11) is -3.67. The number of hydrogen-bond donors (Lipinski definition) is 1. The number of rotatable bonds is 7. The van der Waals surface area contributed by atoms with Gasteiger partial charge in [0.1, 0.15) is 0 Å². The lowest BCUT2D eigenvalue weighted by Gasteiger charge is -2.21. The summed E-state index contributed by atoms with van der Waals surface area (Å²) in [4.78, 5) is 5.16. The molecule has 0 fully saturated rings. The van der Waals surface area contributed by atoms with Crippen molar-refractivity contribution in [3.05, 3.63) is 130 Å². The van der Waals surface area contributed by atoms with Crippen LogP contribution in [0.4, 0.5) is 10.8 Å². The summed E-state index contributed by atoms with van der Waals surface area (Å²) >= 11 is 7.70. The Morgan fingerprint density at radius 1 is 0.829 bits per heavy atom. The average Bonchev–Trinajstić information content (AvgIpc) is 3.63. The molecule has 1 atom stereocenters. The second-order valence-corrected chi connectivity index (χ2v) is 13.0. The van der Waals surface area contributed by atoms with Gasteiger partial charge in [-0.05, 0) is 61.4 Å². The number of nitrogens with one attached hydrogen (secondary N) is 1. The van der Waals surface area contributed by atoms with Gasteiger partial charge in [-0.25, -0.2) is 18.4 Å². The highest BCUT2D eigenvalue weighted by molar-refractivity contribution is 7.92. The maximum Gasteiger partial charge on any atom is 0.261 e. The van der Waals surface area contributed by atoms with E-state index in [2.05, 4.69) is 35.9 Å². The van der Waals surface area contributed by atoms with Crippen molar-refractivity contribution in [1.82, 2.24) is 4.98 Å². The van der Waals surface area contributed by atoms with Gasteiger partial charge in [-0.3, -0.25) is 4.72 Å². The fraction of sp³-hybridized carbons (Fsp3) is 0.125. The van der Waals surface area contributed by atoms with Gasteiger partial charge in [-0.2, -0.15) is 5.10 Å². The second kappa shape index (κ2) is 11.1. The van der Waals surface area contributed by atoms with E-state index in [-0.39, 0.29) is 10.9 Å². The minimum Gasteiger partial charge on any atom is -0.280 e. The molecular weight excluding hydrogens is 572 g/mol. The van der Waals surface area contributed by atoms with Crippen molar-refractivity contribution >= 4 is 49.5 Å². The highest BCUT2D eigenvalue weighted by Gasteiger charge is 2.31. The van der Waals surface area contributed by atoms with Gasteiger partial charge < -0.3 is 0 Å². The quantitative estimate of drug-likeness (QED) is 0.205. The van der Waals surface area contributed by atoms with Crippen molar-refractivity contribution in [2.45, 2.75) is 31.2 Å². The maximum atomic E-state index is 12.8. The maximum absolute atomic E-state index is 12.8. The molecule has 41 heavy (non-hydrogen) atoms. The van der Waals surface area contributed by atoms with E-state index in [0.717, 1.165) is 45.2 Å². The first-order valence-corrected chi connectivity index (χ1v) is 15.8. The van der Waals surface area contributed by atoms with Crippen LogP contribution in [0, 0.1) is 13.8 Å². The Morgan fingerprint density at radius 2 is 1.44 bits per heavy atom. The zero-order chi connectivity index (χ0) is 28.6. The van der Waals surface area contributed by atoms with Gasteiger partial charge in [0, 0.05) is 28.1 Å². The molecule has 5 aromatic rings. The summed E-state index contributed by atoms with van der Waals surface area (Å²) in [5.41, 5.74) is 7.59. The molecule has 2 heterocycles. The number of aryl methyl sites for hydroxylation is 2. The average molecular weight is 599 g/mol. The number of anilines is 2. The molecule has 1 aliphatic rings. The number of thiazole rings is 1. The number of hydrogen-bond acceptors (Lipinski definition) is 6. The highest BCUT2D eigenvalue weighted by Crippen LogP contribution is 2.40. The Morgan fingerprint density at radius 3 is 2.10 bits per heavy atom. The molecule has 6 nitrogen and oxygen atoms in total. The van der Waals surface area contributed by atoms with Gasteiger partial charge in [0.15, 0.2) is 0 Å². The van der Waals surface area contributed by atoms with Crippen molar-refractivity contribution in [2.24, 2.45) is 5.10 Å². The summed E-state index contributed by atoms with van der Waals surface area (Å²) in [6.45, 7) is 4.00. The third-order valence-corrected chi connectivity index (χ3v) is 9.48. The zero-order valence-electron chi connectivity index (χ0n) is 22.5. The molecule has 0 radical (unpaired) electrons. The van der Waals surface area contributed by atoms with Crippen LogP contribution in [0.3, 0.4) is 0 Å². The van der Waals surface area contributed by atoms with E-state index in [1.54, 1.807) is 36.4 Å². The predicted octanol–water partition coefficient (Wildman–Crippen LogP) is 8.24. The van der Waals surface area contributed by atoms with Gasteiger partial charge in [0.2, 0.25) is 5.13 Å². The first-order chi connectivity index (χ1) is 19.7. The highest BCUT2D eigenvalue weighted by atomic mass is 35.5. The van der Waals surface area contributed by atoms with Gasteiger partial charge >= 0.3 is 0 Å². The third kappa shape index (κ3) is 5.91. The molecule has 1 N–H and O–H groups in total. The first-order valence-electron chi connectivity index (χ1n) is 13.1. The zero-order valence-corrected chi connectivity index (χ0v) is 24.8. The fourth-order valence-corrected chi connectivity index (χ4v) is 6.71. The van der Waals surface area contributed by atoms with Crippen LogP contribution in [0.2, 0.25) is 5.02 Å². The van der Waals surface area contributed by atoms with Crippen LogP contribution in [0.15, 0.2) is 112 Å². The van der Waals surface area contributed by atoms with Gasteiger partial charge in [0.05, 0.1) is 22.3 Å². The van der Waals surface area contributed by atoms with Crippen LogP contribution in [0.25, 0.3) is 11.3 Å². The smallest absolute Gasteiger partial charge is 0.261 e. The van der Waals surface area contributed by atoms with Gasteiger partial charge in [-0.1, -0.05) is 83.4 Å². The van der Waals surface area contributed by atoms with Gasteiger partial charge in [0.25, 0.3) is 10.0 Å². The molecule has 0 bridgehead atoms. The Bertz CT molecular complexity index is 1820. The molecule has 0 saturated carbocycles. The molecule has 206 valence electrons. The fourth-order valence-electron chi connectivity index (χ4n) is 4.69. The van der Waals surface area contributed by atoms with E-state index in [1.165, 1.54) is 16.9 Å². The Balaban J connectivity index is 1.26. The largest absolute Gasteiger partial charge is 0.280 e. The molecule has 0 spiro atoms. The number of sulfonamides is 1. The van der Waals surface area contributed by atoms with Crippen LogP contribution in [-0.2, 0) is 10.0 Å². The van der Waals surface area contributed by atoms with Crippen molar-refractivity contribution in [1.29, 1.82) is 0 Å². The van der Waals surface area contributed by atoms with Crippen molar-refractivity contribution in [3.63, 3.8) is 0 Å². The Kier molecular flexibility index (Phi) is 7.38. The molecule has 1 aliphatic heterocycles. The Labute approximate surface area is 249 Å². The van der Waals surface area contributed by atoms with Crippen LogP contribution in [-0.4, -0.2) is 19.1 Å². The van der Waals surface area contributed by atoms with E-state index in [0.29, 0.717) is 10.7 Å². The number of hydrazone groups is 1. The summed E-state index contributed by atoms with van der Waals surface area (Å²) in [6, 6.07) is 30.3. The molecule has 9 heteroatoms. The third-order valence-electron chi connectivity index (χ3n) is 7.00. The lowest BCUT2D eigenvalue weighted by Crippen LogP contribution is -2.18. The van der Waals surface area contributed by atoms with Crippen LogP contribution >= 0.6 is 22.9 Å². The van der Waals surface area contributed by atoms with Crippen molar-refractivity contribution in [3.8, 4) is 11.3 Å². The van der Waals surface area contributed by atoms with Crippen LogP contribution in [0.1, 0.15) is 34.7 Å². The summed E-state index contributed by atoms with van der Waals surface area (Å²) in [5.74, 6) is 0. The molecule has 0 amide bonds. The van der Waals surface area contributed by atoms with Crippen LogP contribution < -0.4 is 9.73 Å². The SMILES string of the molecule is Cc1ccc(C2=NN(c3nc(-c4ccc(NS(=O)(=O)c5ccc(C)cc5)cc4)cs3)[C@@H](c3ccc(Cl)cc3)C2)cc1. The first kappa shape index (κ1) is 27.2.